The predicted molar refractivity (Wildman–Crippen MR) is 71.9 cm³/mol. The minimum atomic E-state index is -0.566. The Balaban J connectivity index is 2.99. The molecule has 0 fully saturated rings. The highest BCUT2D eigenvalue weighted by molar-refractivity contribution is 5.94. The topological polar surface area (TPSA) is 53.3 Å². The van der Waals surface area contributed by atoms with E-state index in [0.717, 1.165) is 16.2 Å². The summed E-state index contributed by atoms with van der Waals surface area (Å²) in [6, 6.07) is 7.36. The first-order valence-electron chi connectivity index (χ1n) is 5.88. The van der Waals surface area contributed by atoms with E-state index in [1.165, 1.54) is 0 Å². The van der Waals surface area contributed by atoms with Gasteiger partial charge in [-0.05, 0) is 32.9 Å². The van der Waals surface area contributed by atoms with Crippen LogP contribution in [0.1, 0.15) is 28.4 Å². The fourth-order valence-electron chi connectivity index (χ4n) is 1.68. The third kappa shape index (κ3) is 4.13. The number of hydrogen-bond donors (Lipinski definition) is 0. The van der Waals surface area contributed by atoms with Crippen molar-refractivity contribution in [2.45, 2.75) is 26.9 Å². The van der Waals surface area contributed by atoms with E-state index < -0.39 is 6.10 Å². The molecule has 0 saturated heterocycles. The molecule has 0 bridgehead atoms. The number of benzene rings is 1. The van der Waals surface area contributed by atoms with Gasteiger partial charge in [0.1, 0.15) is 12.6 Å². The molecule has 4 heteroatoms. The molecule has 0 aromatic heterocycles. The number of nitriles is 1. The summed E-state index contributed by atoms with van der Waals surface area (Å²) < 4.78 is 0. The molecule has 1 aromatic rings. The third-order valence-corrected chi connectivity index (χ3v) is 2.43. The minimum absolute atomic E-state index is 0.169. The Morgan fingerprint density at radius 2 is 2.00 bits per heavy atom. The van der Waals surface area contributed by atoms with E-state index in [0.29, 0.717) is 5.56 Å². The lowest BCUT2D eigenvalue weighted by molar-refractivity contribution is -0.132. The van der Waals surface area contributed by atoms with E-state index in [1.54, 1.807) is 19.1 Å². The van der Waals surface area contributed by atoms with Gasteiger partial charge in [-0.1, -0.05) is 23.1 Å². The van der Waals surface area contributed by atoms with Gasteiger partial charge in [0.15, 0.2) is 0 Å². The number of hydroxylamine groups is 2. The Morgan fingerprint density at radius 3 is 2.47 bits per heavy atom. The smallest absolute Gasteiger partial charge is 0.267 e. The van der Waals surface area contributed by atoms with Crippen molar-refractivity contribution in [2.75, 3.05) is 6.54 Å². The lowest BCUT2D eigenvalue weighted by Gasteiger charge is -2.21. The molecule has 0 spiro atoms. The van der Waals surface area contributed by atoms with Crippen molar-refractivity contribution in [1.82, 2.24) is 5.06 Å². The van der Waals surface area contributed by atoms with Crippen LogP contribution in [0.15, 0.2) is 18.2 Å². The molecule has 0 aliphatic heterocycles. The average Bonchev–Trinajstić information content (AvgIpc) is 2.36. The molecule has 0 heterocycles. The van der Waals surface area contributed by atoms with Crippen LogP contribution >= 0.6 is 0 Å². The van der Waals surface area contributed by atoms with E-state index >= 15 is 0 Å². The molecule has 1 amide bonds. The predicted octanol–water partition coefficient (Wildman–Crippen LogP) is 2.22. The zero-order valence-electron chi connectivity index (χ0n) is 11.3. The highest BCUT2D eigenvalue weighted by Gasteiger charge is 2.18. The highest BCUT2D eigenvalue weighted by Crippen LogP contribution is 2.12. The van der Waals surface area contributed by atoms with Gasteiger partial charge in [-0.25, -0.2) is 5.06 Å². The van der Waals surface area contributed by atoms with Gasteiger partial charge in [-0.2, -0.15) is 5.26 Å². The van der Waals surface area contributed by atoms with Gasteiger partial charge >= 0.3 is 0 Å². The van der Waals surface area contributed by atoms with Crippen LogP contribution in [0.5, 0.6) is 0 Å². The van der Waals surface area contributed by atoms with Gasteiger partial charge in [0.2, 0.25) is 0 Å². The van der Waals surface area contributed by atoms with Crippen molar-refractivity contribution in [3.05, 3.63) is 34.9 Å². The lowest BCUT2D eigenvalue weighted by atomic mass is 10.1. The van der Waals surface area contributed by atoms with E-state index in [4.69, 9.17) is 16.5 Å². The van der Waals surface area contributed by atoms with E-state index in [2.05, 4.69) is 5.92 Å². The van der Waals surface area contributed by atoms with Crippen LogP contribution in [0.25, 0.3) is 0 Å². The van der Waals surface area contributed by atoms with Gasteiger partial charge in [0.05, 0.1) is 6.07 Å². The number of nitrogens with zero attached hydrogens (tertiary/aromatic N) is 2. The van der Waals surface area contributed by atoms with E-state index in [-0.39, 0.29) is 12.5 Å². The summed E-state index contributed by atoms with van der Waals surface area (Å²) in [4.78, 5) is 17.5. The SMILES string of the molecule is C#CC(C)ON(CC#N)C(=O)c1cc(C)cc(C)c1. The minimum Gasteiger partial charge on any atom is -0.267 e. The Hall–Kier alpha value is -2.30. The van der Waals surface area contributed by atoms with Crippen molar-refractivity contribution in [1.29, 1.82) is 5.26 Å². The van der Waals surface area contributed by atoms with Gasteiger partial charge in [-0.3, -0.25) is 9.63 Å². The molecular weight excluding hydrogens is 240 g/mol. The lowest BCUT2D eigenvalue weighted by Crippen LogP contribution is -2.34. The maximum atomic E-state index is 12.3. The fourth-order valence-corrected chi connectivity index (χ4v) is 1.68. The summed E-state index contributed by atoms with van der Waals surface area (Å²) in [6.45, 7) is 5.28. The molecule has 1 atom stereocenters. The molecule has 19 heavy (non-hydrogen) atoms. The van der Waals surface area contributed by atoms with Gasteiger partial charge in [-0.15, -0.1) is 6.42 Å². The monoisotopic (exact) mass is 256 g/mol. The first-order valence-corrected chi connectivity index (χ1v) is 5.88. The maximum Gasteiger partial charge on any atom is 0.278 e. The summed E-state index contributed by atoms with van der Waals surface area (Å²) in [5, 5.41) is 9.75. The summed E-state index contributed by atoms with van der Waals surface area (Å²) in [7, 11) is 0. The molecule has 0 N–H and O–H groups in total. The number of rotatable bonds is 4. The Morgan fingerprint density at radius 1 is 1.42 bits per heavy atom. The summed E-state index contributed by atoms with van der Waals surface area (Å²) in [6.07, 6.45) is 4.64. The van der Waals surface area contributed by atoms with E-state index in [1.807, 2.05) is 26.0 Å². The molecule has 4 nitrogen and oxygen atoms in total. The molecule has 1 aromatic carbocycles. The molecule has 98 valence electrons. The van der Waals surface area contributed by atoms with Gasteiger partial charge in [0, 0.05) is 5.56 Å². The van der Waals surface area contributed by atoms with E-state index in [9.17, 15) is 4.79 Å². The molecule has 1 rings (SSSR count). The Kier molecular flexibility index (Phi) is 5.11. The zero-order chi connectivity index (χ0) is 14.4. The molecule has 0 aliphatic carbocycles. The van der Waals surface area contributed by atoms with Crippen LogP contribution in [-0.2, 0) is 4.84 Å². The molecule has 0 radical (unpaired) electrons. The number of carbonyl (C=O) groups is 1. The zero-order valence-corrected chi connectivity index (χ0v) is 11.3. The van der Waals surface area contributed by atoms with Crippen LogP contribution in [0.4, 0.5) is 0 Å². The number of aryl methyl sites for hydroxylation is 2. The highest BCUT2D eigenvalue weighted by atomic mass is 16.7. The number of carbonyl (C=O) groups excluding carboxylic acids is 1. The van der Waals surface area contributed by atoms with Crippen LogP contribution in [0, 0.1) is 37.5 Å². The Labute approximate surface area is 113 Å². The van der Waals surface area contributed by atoms with Crippen molar-refractivity contribution >= 4 is 5.91 Å². The molecule has 1 unspecified atom stereocenters. The average molecular weight is 256 g/mol. The van der Waals surface area contributed by atoms with Crippen molar-refractivity contribution < 1.29 is 9.63 Å². The maximum absolute atomic E-state index is 12.3. The Bertz CT molecular complexity index is 532. The number of terminal acetylenes is 1. The molecule has 0 saturated carbocycles. The second kappa shape index (κ2) is 6.58. The molecular formula is C15H16N2O2. The largest absolute Gasteiger partial charge is 0.278 e. The van der Waals surface area contributed by atoms with Crippen LogP contribution in [-0.4, -0.2) is 23.6 Å². The van der Waals surface area contributed by atoms with Crippen LogP contribution in [0.3, 0.4) is 0 Å². The summed E-state index contributed by atoms with van der Waals surface area (Å²) >= 11 is 0. The van der Waals surface area contributed by atoms with Gasteiger partial charge in [0.25, 0.3) is 5.91 Å². The fraction of sp³-hybridized carbons (Fsp3) is 0.333. The van der Waals surface area contributed by atoms with Crippen LogP contribution < -0.4 is 0 Å². The summed E-state index contributed by atoms with van der Waals surface area (Å²) in [5.41, 5.74) is 2.44. The molecule has 0 aliphatic rings. The van der Waals surface area contributed by atoms with Gasteiger partial charge < -0.3 is 0 Å². The second-order valence-electron chi connectivity index (χ2n) is 4.29. The summed E-state index contributed by atoms with van der Waals surface area (Å²) in [5.74, 6) is 1.99. The number of hydrogen-bond acceptors (Lipinski definition) is 3. The first-order chi connectivity index (χ1) is 8.97. The number of amides is 1. The standard InChI is InChI=1S/C15H16N2O2/c1-5-13(4)19-17(7-6-16)15(18)14-9-11(2)8-12(3)10-14/h1,8-10,13H,7H2,2-4H3. The van der Waals surface area contributed by atoms with Crippen LogP contribution in [0.2, 0.25) is 0 Å². The van der Waals surface area contributed by atoms with Crippen molar-refractivity contribution in [3.63, 3.8) is 0 Å². The van der Waals surface area contributed by atoms with Crippen molar-refractivity contribution in [2.24, 2.45) is 0 Å². The third-order valence-electron chi connectivity index (χ3n) is 2.43. The van der Waals surface area contributed by atoms with Crippen molar-refractivity contribution in [3.8, 4) is 18.4 Å². The second-order valence-corrected chi connectivity index (χ2v) is 4.29. The normalized spacial score (nSPS) is 11.2. The quantitative estimate of drug-likeness (QED) is 0.471. The first kappa shape index (κ1) is 14.8.